The molecule has 0 unspecified atom stereocenters. The molecule has 6 rings (SSSR count). The van der Waals surface area contributed by atoms with Gasteiger partial charge in [-0.1, -0.05) is 42.0 Å². The fourth-order valence-corrected chi connectivity index (χ4v) is 5.20. The van der Waals surface area contributed by atoms with E-state index in [1.807, 2.05) is 36.4 Å². The van der Waals surface area contributed by atoms with Gasteiger partial charge in [0.25, 0.3) is 5.91 Å². The lowest BCUT2D eigenvalue weighted by molar-refractivity contribution is -0.0276. The molecular formula is C30H30N2O5. The maximum atomic E-state index is 12.8. The van der Waals surface area contributed by atoms with E-state index in [1.165, 1.54) is 11.1 Å². The van der Waals surface area contributed by atoms with Crippen molar-refractivity contribution in [2.24, 2.45) is 0 Å². The van der Waals surface area contributed by atoms with E-state index in [4.69, 9.17) is 13.9 Å². The number of benzene rings is 3. The summed E-state index contributed by atoms with van der Waals surface area (Å²) in [4.78, 5) is 15.2. The summed E-state index contributed by atoms with van der Waals surface area (Å²) in [7, 11) is 0. The summed E-state index contributed by atoms with van der Waals surface area (Å²) in [6.07, 6.45) is 1.32. The number of ether oxygens (including phenoxy) is 2. The van der Waals surface area contributed by atoms with E-state index in [-0.39, 0.29) is 18.5 Å². The second-order valence-electron chi connectivity index (χ2n) is 10.0. The molecule has 0 atom stereocenters. The average molecular weight is 499 g/mol. The van der Waals surface area contributed by atoms with Crippen molar-refractivity contribution < 1.29 is 23.8 Å². The van der Waals surface area contributed by atoms with Crippen molar-refractivity contribution in [1.29, 1.82) is 0 Å². The quantitative estimate of drug-likeness (QED) is 0.394. The van der Waals surface area contributed by atoms with Crippen LogP contribution in [0.5, 0.6) is 11.5 Å². The van der Waals surface area contributed by atoms with Crippen LogP contribution in [0.15, 0.2) is 71.1 Å². The highest BCUT2D eigenvalue weighted by atomic mass is 16.7. The summed E-state index contributed by atoms with van der Waals surface area (Å²) in [5.41, 5.74) is 4.07. The first-order valence-electron chi connectivity index (χ1n) is 12.7. The first-order chi connectivity index (χ1) is 17.9. The van der Waals surface area contributed by atoms with Gasteiger partial charge in [0, 0.05) is 31.6 Å². The van der Waals surface area contributed by atoms with E-state index >= 15 is 0 Å². The summed E-state index contributed by atoms with van der Waals surface area (Å²) >= 11 is 0. The van der Waals surface area contributed by atoms with Gasteiger partial charge < -0.3 is 24.3 Å². The smallest absolute Gasteiger partial charge is 0.287 e. The molecule has 3 heterocycles. The summed E-state index contributed by atoms with van der Waals surface area (Å²) in [5.74, 6) is 1.34. The monoisotopic (exact) mass is 498 g/mol. The lowest BCUT2D eigenvalue weighted by atomic mass is 9.84. The van der Waals surface area contributed by atoms with E-state index in [0.717, 1.165) is 36.1 Å². The van der Waals surface area contributed by atoms with E-state index in [2.05, 4.69) is 41.4 Å². The minimum atomic E-state index is -0.893. The zero-order valence-corrected chi connectivity index (χ0v) is 20.8. The Morgan fingerprint density at radius 1 is 0.973 bits per heavy atom. The highest BCUT2D eigenvalue weighted by molar-refractivity contribution is 5.96. The number of piperidine rings is 1. The van der Waals surface area contributed by atoms with Crippen molar-refractivity contribution >= 4 is 16.9 Å². The van der Waals surface area contributed by atoms with Gasteiger partial charge in [-0.15, -0.1) is 0 Å². The number of carbonyl (C=O) groups is 1. The maximum absolute atomic E-state index is 12.8. The van der Waals surface area contributed by atoms with Gasteiger partial charge in [0.15, 0.2) is 17.3 Å². The van der Waals surface area contributed by atoms with Crippen LogP contribution in [0.3, 0.4) is 0 Å². The zero-order chi connectivity index (χ0) is 25.4. The Hall–Kier alpha value is -3.81. The largest absolute Gasteiger partial charge is 0.454 e. The standard InChI is InChI=1S/C30H30N2O5/c1-20-3-2-4-22(13-20)18-32-11-9-30(34,10-12-32)24-6-8-25-23(15-24)16-28(37-25)29(33)31-17-21-5-7-26-27(14-21)36-19-35-26/h2-8,13-16,34H,9-12,17-19H2,1H3,(H,31,33). The fourth-order valence-electron chi connectivity index (χ4n) is 5.20. The Labute approximate surface area is 215 Å². The van der Waals surface area contributed by atoms with Gasteiger partial charge in [-0.05, 0) is 66.8 Å². The van der Waals surface area contributed by atoms with E-state index in [1.54, 1.807) is 6.07 Å². The molecule has 4 aromatic rings. The fraction of sp³-hybridized carbons (Fsp3) is 0.300. The summed E-state index contributed by atoms with van der Waals surface area (Å²) < 4.78 is 16.5. The molecule has 0 radical (unpaired) electrons. The van der Waals surface area contributed by atoms with Crippen molar-refractivity contribution in [2.75, 3.05) is 19.9 Å². The van der Waals surface area contributed by atoms with Crippen LogP contribution in [0.4, 0.5) is 0 Å². The molecule has 0 saturated carbocycles. The number of hydrogen-bond acceptors (Lipinski definition) is 6. The highest BCUT2D eigenvalue weighted by Gasteiger charge is 2.34. The number of hydrogen-bond donors (Lipinski definition) is 2. The minimum Gasteiger partial charge on any atom is -0.454 e. The third kappa shape index (κ3) is 4.92. The summed E-state index contributed by atoms with van der Waals surface area (Å²) in [5, 5.41) is 15.2. The Morgan fingerprint density at radius 3 is 2.65 bits per heavy atom. The maximum Gasteiger partial charge on any atom is 0.287 e. The molecule has 7 heteroatoms. The van der Waals surface area contributed by atoms with Crippen LogP contribution in [0, 0.1) is 6.92 Å². The summed E-state index contributed by atoms with van der Waals surface area (Å²) in [6.45, 7) is 5.20. The van der Waals surface area contributed by atoms with Crippen molar-refractivity contribution in [3.63, 3.8) is 0 Å². The Balaban J connectivity index is 1.10. The topological polar surface area (TPSA) is 84.2 Å². The summed E-state index contributed by atoms with van der Waals surface area (Å²) in [6, 6.07) is 21.6. The van der Waals surface area contributed by atoms with Crippen LogP contribution in [-0.2, 0) is 18.7 Å². The van der Waals surface area contributed by atoms with Gasteiger partial charge in [0.1, 0.15) is 5.58 Å². The molecule has 1 saturated heterocycles. The first kappa shape index (κ1) is 23.6. The lowest BCUT2D eigenvalue weighted by Crippen LogP contribution is -2.42. The van der Waals surface area contributed by atoms with Crippen LogP contribution in [-0.4, -0.2) is 35.8 Å². The number of likely N-dealkylation sites (tertiary alicyclic amines) is 1. The van der Waals surface area contributed by atoms with Crippen LogP contribution in [0.2, 0.25) is 0 Å². The molecule has 2 N–H and O–H groups in total. The zero-order valence-electron chi connectivity index (χ0n) is 20.8. The molecule has 2 aliphatic heterocycles. The molecule has 37 heavy (non-hydrogen) atoms. The van der Waals surface area contributed by atoms with Gasteiger partial charge in [-0.2, -0.15) is 0 Å². The van der Waals surface area contributed by atoms with Gasteiger partial charge in [0.05, 0.1) is 5.60 Å². The third-order valence-electron chi connectivity index (χ3n) is 7.34. The number of fused-ring (bicyclic) bond motifs is 2. The van der Waals surface area contributed by atoms with Crippen LogP contribution < -0.4 is 14.8 Å². The van der Waals surface area contributed by atoms with Crippen LogP contribution >= 0.6 is 0 Å². The molecular weight excluding hydrogens is 468 g/mol. The van der Waals surface area contributed by atoms with Crippen LogP contribution in [0.25, 0.3) is 11.0 Å². The number of aliphatic hydroxyl groups is 1. The molecule has 0 spiro atoms. The Kier molecular flexibility index (Phi) is 6.10. The highest BCUT2D eigenvalue weighted by Crippen LogP contribution is 2.36. The van der Waals surface area contributed by atoms with Crippen molar-refractivity contribution in [3.8, 4) is 11.5 Å². The molecule has 0 aliphatic carbocycles. The second kappa shape index (κ2) is 9.57. The van der Waals surface area contributed by atoms with E-state index in [0.29, 0.717) is 36.5 Å². The molecule has 7 nitrogen and oxygen atoms in total. The number of furan rings is 1. The van der Waals surface area contributed by atoms with E-state index in [9.17, 15) is 9.90 Å². The van der Waals surface area contributed by atoms with Crippen molar-refractivity contribution in [2.45, 2.75) is 38.5 Å². The lowest BCUT2D eigenvalue weighted by Gasteiger charge is -2.38. The molecule has 1 amide bonds. The molecule has 2 aliphatic rings. The number of rotatable bonds is 6. The number of carbonyl (C=O) groups excluding carboxylic acids is 1. The average Bonchev–Trinajstić information content (AvgIpc) is 3.55. The second-order valence-corrected chi connectivity index (χ2v) is 10.0. The third-order valence-corrected chi connectivity index (χ3v) is 7.34. The SMILES string of the molecule is Cc1cccc(CN2CCC(O)(c3ccc4oc(C(=O)NCc5ccc6c(c5)OCO6)cc4c3)CC2)c1. The predicted molar refractivity (Wildman–Crippen MR) is 140 cm³/mol. The molecule has 190 valence electrons. The van der Waals surface area contributed by atoms with E-state index < -0.39 is 5.60 Å². The predicted octanol–water partition coefficient (Wildman–Crippen LogP) is 4.88. The molecule has 1 fully saturated rings. The van der Waals surface area contributed by atoms with Crippen molar-refractivity contribution in [1.82, 2.24) is 10.2 Å². The molecule has 0 bridgehead atoms. The Morgan fingerprint density at radius 2 is 1.81 bits per heavy atom. The van der Waals surface area contributed by atoms with Crippen molar-refractivity contribution in [3.05, 3.63) is 94.7 Å². The van der Waals surface area contributed by atoms with Gasteiger partial charge >= 0.3 is 0 Å². The molecule has 3 aromatic carbocycles. The van der Waals surface area contributed by atoms with Gasteiger partial charge in [-0.25, -0.2) is 0 Å². The minimum absolute atomic E-state index is 0.215. The number of nitrogens with zero attached hydrogens (tertiary/aromatic N) is 1. The number of amides is 1. The molecule has 1 aromatic heterocycles. The number of aryl methyl sites for hydroxylation is 1. The van der Waals surface area contributed by atoms with Gasteiger partial charge in [-0.3, -0.25) is 9.69 Å². The Bertz CT molecular complexity index is 1450. The van der Waals surface area contributed by atoms with Crippen LogP contribution in [0.1, 0.15) is 45.7 Å². The first-order valence-corrected chi connectivity index (χ1v) is 12.7. The number of nitrogens with one attached hydrogen (secondary N) is 1. The normalized spacial score (nSPS) is 16.7. The van der Waals surface area contributed by atoms with Gasteiger partial charge in [0.2, 0.25) is 6.79 Å².